The molecule has 0 radical (unpaired) electrons. The Labute approximate surface area is 130 Å². The summed E-state index contributed by atoms with van der Waals surface area (Å²) in [6, 6.07) is 12.2. The number of rotatable bonds is 7. The summed E-state index contributed by atoms with van der Waals surface area (Å²) in [5, 5.41) is 5.03. The summed E-state index contributed by atoms with van der Waals surface area (Å²) in [6.07, 6.45) is 1.01. The van der Waals surface area contributed by atoms with Crippen molar-refractivity contribution in [2.75, 3.05) is 18.4 Å². The molecule has 3 nitrogen and oxygen atoms in total. The minimum atomic E-state index is 0.0395. The molecule has 1 N–H and O–H groups in total. The Balaban J connectivity index is 1.86. The highest BCUT2D eigenvalue weighted by Crippen LogP contribution is 2.13. The van der Waals surface area contributed by atoms with Crippen LogP contribution < -0.4 is 5.32 Å². The first-order valence-electron chi connectivity index (χ1n) is 7.34. The van der Waals surface area contributed by atoms with E-state index in [2.05, 4.69) is 47.6 Å². The molecule has 21 heavy (non-hydrogen) atoms. The maximum absolute atomic E-state index is 12.1. The van der Waals surface area contributed by atoms with E-state index in [4.69, 9.17) is 0 Å². The molecule has 0 saturated heterocycles. The van der Waals surface area contributed by atoms with E-state index in [0.29, 0.717) is 6.54 Å². The van der Waals surface area contributed by atoms with Gasteiger partial charge in [-0.15, -0.1) is 11.3 Å². The summed E-state index contributed by atoms with van der Waals surface area (Å²) in [5.74, 6) is 0.0395. The Kier molecular flexibility index (Phi) is 5.96. The van der Waals surface area contributed by atoms with Crippen molar-refractivity contribution in [3.8, 4) is 0 Å². The zero-order valence-corrected chi connectivity index (χ0v) is 13.5. The van der Waals surface area contributed by atoms with Crippen LogP contribution in [-0.4, -0.2) is 23.9 Å². The molecule has 0 spiro atoms. The van der Waals surface area contributed by atoms with Crippen LogP contribution in [-0.2, 0) is 17.8 Å². The minimum absolute atomic E-state index is 0.0395. The van der Waals surface area contributed by atoms with Crippen molar-refractivity contribution in [1.29, 1.82) is 0 Å². The van der Waals surface area contributed by atoms with Gasteiger partial charge >= 0.3 is 0 Å². The van der Waals surface area contributed by atoms with E-state index >= 15 is 0 Å². The van der Waals surface area contributed by atoms with Crippen molar-refractivity contribution in [2.24, 2.45) is 0 Å². The average molecular weight is 302 g/mol. The number of carbonyl (C=O) groups excluding carboxylic acids is 1. The van der Waals surface area contributed by atoms with Gasteiger partial charge in [0.05, 0.1) is 6.54 Å². The molecule has 0 aliphatic heterocycles. The first-order chi connectivity index (χ1) is 10.2. The molecule has 0 aliphatic carbocycles. The van der Waals surface area contributed by atoms with Gasteiger partial charge in [0.2, 0.25) is 5.91 Å². The van der Waals surface area contributed by atoms with Gasteiger partial charge in [0.25, 0.3) is 0 Å². The number of nitrogens with one attached hydrogen (secondary N) is 1. The van der Waals surface area contributed by atoms with E-state index in [9.17, 15) is 4.79 Å². The van der Waals surface area contributed by atoms with Crippen LogP contribution in [0.25, 0.3) is 0 Å². The summed E-state index contributed by atoms with van der Waals surface area (Å²) >= 11 is 1.73. The summed E-state index contributed by atoms with van der Waals surface area (Å²) in [5.41, 5.74) is 2.14. The first kappa shape index (κ1) is 15.7. The standard InChI is InChI=1S/C17H22N2OS/c1-3-14-7-9-15(10-8-14)18-17(20)13-19(4-2)12-16-6-5-11-21-16/h5-11H,3-4,12-13H2,1-2H3,(H,18,20). The van der Waals surface area contributed by atoms with E-state index < -0.39 is 0 Å². The van der Waals surface area contributed by atoms with Gasteiger partial charge in [-0.05, 0) is 42.1 Å². The third-order valence-corrected chi connectivity index (χ3v) is 4.28. The number of nitrogens with zero attached hydrogens (tertiary/aromatic N) is 1. The van der Waals surface area contributed by atoms with Gasteiger partial charge < -0.3 is 5.32 Å². The highest BCUT2D eigenvalue weighted by atomic mass is 32.1. The third-order valence-electron chi connectivity index (χ3n) is 3.42. The smallest absolute Gasteiger partial charge is 0.238 e. The molecule has 0 fully saturated rings. The van der Waals surface area contributed by atoms with Crippen molar-refractivity contribution < 1.29 is 4.79 Å². The maximum atomic E-state index is 12.1. The Morgan fingerprint density at radius 2 is 1.95 bits per heavy atom. The van der Waals surface area contributed by atoms with Crippen LogP contribution >= 0.6 is 11.3 Å². The molecule has 0 aliphatic rings. The summed E-state index contributed by atoms with van der Waals surface area (Å²) in [6.45, 7) is 6.31. The van der Waals surface area contributed by atoms with Crippen LogP contribution in [0.1, 0.15) is 24.3 Å². The van der Waals surface area contributed by atoms with Gasteiger partial charge in [0.15, 0.2) is 0 Å². The molecule has 4 heteroatoms. The van der Waals surface area contributed by atoms with Crippen LogP contribution in [0.2, 0.25) is 0 Å². The molecule has 2 aromatic rings. The first-order valence-corrected chi connectivity index (χ1v) is 8.22. The van der Waals surface area contributed by atoms with Crippen LogP contribution in [0.4, 0.5) is 5.69 Å². The second kappa shape index (κ2) is 7.96. The predicted molar refractivity (Wildman–Crippen MR) is 89.7 cm³/mol. The number of amides is 1. The predicted octanol–water partition coefficient (Wildman–Crippen LogP) is 3.77. The van der Waals surface area contributed by atoms with Gasteiger partial charge in [-0.2, -0.15) is 0 Å². The zero-order valence-electron chi connectivity index (χ0n) is 12.6. The second-order valence-corrected chi connectivity index (χ2v) is 6.01. The van der Waals surface area contributed by atoms with Crippen LogP contribution in [0.3, 0.4) is 0 Å². The normalized spacial score (nSPS) is 10.8. The Morgan fingerprint density at radius 1 is 1.19 bits per heavy atom. The lowest BCUT2D eigenvalue weighted by Gasteiger charge is -2.19. The number of benzene rings is 1. The summed E-state index contributed by atoms with van der Waals surface area (Å²) in [4.78, 5) is 15.5. The van der Waals surface area contributed by atoms with Crippen molar-refractivity contribution in [1.82, 2.24) is 4.90 Å². The Morgan fingerprint density at radius 3 is 2.52 bits per heavy atom. The number of anilines is 1. The quantitative estimate of drug-likeness (QED) is 0.844. The molecule has 1 aromatic heterocycles. The van der Waals surface area contributed by atoms with Crippen LogP contribution in [0.15, 0.2) is 41.8 Å². The highest BCUT2D eigenvalue weighted by molar-refractivity contribution is 7.09. The summed E-state index contributed by atoms with van der Waals surface area (Å²) in [7, 11) is 0. The van der Waals surface area contributed by atoms with Crippen LogP contribution in [0, 0.1) is 0 Å². The van der Waals surface area contributed by atoms with Gasteiger partial charge in [-0.1, -0.05) is 32.0 Å². The Bertz CT molecular complexity index is 549. The van der Waals surface area contributed by atoms with Gasteiger partial charge in [0, 0.05) is 17.1 Å². The van der Waals surface area contributed by atoms with E-state index in [1.165, 1.54) is 10.4 Å². The number of likely N-dealkylation sites (N-methyl/N-ethyl adjacent to an activating group) is 1. The van der Waals surface area contributed by atoms with Gasteiger partial charge in [-0.25, -0.2) is 0 Å². The number of thiophene rings is 1. The van der Waals surface area contributed by atoms with Gasteiger partial charge in [-0.3, -0.25) is 9.69 Å². The number of carbonyl (C=O) groups is 1. The molecule has 2 rings (SSSR count). The molecule has 1 amide bonds. The molecule has 112 valence electrons. The molecular weight excluding hydrogens is 280 g/mol. The fourth-order valence-corrected chi connectivity index (χ4v) is 2.88. The number of aryl methyl sites for hydroxylation is 1. The molecule has 1 heterocycles. The number of hydrogen-bond acceptors (Lipinski definition) is 3. The highest BCUT2D eigenvalue weighted by Gasteiger charge is 2.10. The van der Waals surface area contributed by atoms with E-state index in [0.717, 1.165) is 25.2 Å². The van der Waals surface area contributed by atoms with E-state index in [1.807, 2.05) is 18.2 Å². The third kappa shape index (κ3) is 4.99. The fourth-order valence-electron chi connectivity index (χ4n) is 2.13. The molecule has 1 aromatic carbocycles. The second-order valence-electron chi connectivity index (χ2n) is 4.98. The lowest BCUT2D eigenvalue weighted by atomic mass is 10.1. The minimum Gasteiger partial charge on any atom is -0.325 e. The lowest BCUT2D eigenvalue weighted by Crippen LogP contribution is -2.32. The van der Waals surface area contributed by atoms with Crippen molar-refractivity contribution in [3.63, 3.8) is 0 Å². The maximum Gasteiger partial charge on any atom is 0.238 e. The monoisotopic (exact) mass is 302 g/mol. The fraction of sp³-hybridized carbons (Fsp3) is 0.353. The summed E-state index contributed by atoms with van der Waals surface area (Å²) < 4.78 is 0. The van der Waals surface area contributed by atoms with Crippen molar-refractivity contribution in [3.05, 3.63) is 52.2 Å². The Hall–Kier alpha value is -1.65. The topological polar surface area (TPSA) is 32.3 Å². The van der Waals surface area contributed by atoms with Gasteiger partial charge in [0.1, 0.15) is 0 Å². The number of hydrogen-bond donors (Lipinski definition) is 1. The van der Waals surface area contributed by atoms with Crippen molar-refractivity contribution in [2.45, 2.75) is 26.8 Å². The van der Waals surface area contributed by atoms with Crippen LogP contribution in [0.5, 0.6) is 0 Å². The van der Waals surface area contributed by atoms with E-state index in [1.54, 1.807) is 11.3 Å². The largest absolute Gasteiger partial charge is 0.325 e. The average Bonchev–Trinajstić information content (AvgIpc) is 3.00. The molecule has 0 unspecified atom stereocenters. The molecule has 0 bridgehead atoms. The molecule has 0 saturated carbocycles. The van der Waals surface area contributed by atoms with Crippen molar-refractivity contribution >= 4 is 22.9 Å². The molecule has 0 atom stereocenters. The SMILES string of the molecule is CCc1ccc(NC(=O)CN(CC)Cc2cccs2)cc1. The lowest BCUT2D eigenvalue weighted by molar-refractivity contribution is -0.117. The molecular formula is C17H22N2OS. The van der Waals surface area contributed by atoms with E-state index in [-0.39, 0.29) is 5.91 Å². The zero-order chi connectivity index (χ0) is 15.1.